The fourth-order valence-corrected chi connectivity index (χ4v) is 2.93. The van der Waals surface area contributed by atoms with Crippen LogP contribution in [0.5, 0.6) is 0 Å². The van der Waals surface area contributed by atoms with Gasteiger partial charge in [0, 0.05) is 11.7 Å². The molecule has 0 saturated heterocycles. The third-order valence-corrected chi connectivity index (χ3v) is 4.25. The molecular formula is C17H26N2O. The second kappa shape index (κ2) is 6.89. The van der Waals surface area contributed by atoms with E-state index in [1.807, 2.05) is 38.1 Å². The van der Waals surface area contributed by atoms with E-state index in [0.29, 0.717) is 12.0 Å². The lowest BCUT2D eigenvalue weighted by molar-refractivity contribution is -0.118. The number of anilines is 1. The number of carbonyl (C=O) groups excluding carboxylic acids is 1. The van der Waals surface area contributed by atoms with Crippen LogP contribution in [0.2, 0.25) is 0 Å². The minimum absolute atomic E-state index is 0.0494. The first kappa shape index (κ1) is 15.0. The molecule has 3 heteroatoms. The van der Waals surface area contributed by atoms with Gasteiger partial charge in [-0.1, -0.05) is 31.9 Å². The van der Waals surface area contributed by atoms with E-state index in [9.17, 15) is 4.79 Å². The molecule has 0 bridgehead atoms. The van der Waals surface area contributed by atoms with Crippen LogP contribution in [0, 0.1) is 12.8 Å². The summed E-state index contributed by atoms with van der Waals surface area (Å²) in [6, 6.07) is 8.24. The number of aryl methyl sites for hydroxylation is 1. The first-order chi connectivity index (χ1) is 9.56. The van der Waals surface area contributed by atoms with Gasteiger partial charge in [0.15, 0.2) is 0 Å². The zero-order chi connectivity index (χ0) is 14.5. The molecule has 0 radical (unpaired) electrons. The predicted molar refractivity (Wildman–Crippen MR) is 83.8 cm³/mol. The second-order valence-corrected chi connectivity index (χ2v) is 6.12. The van der Waals surface area contributed by atoms with Crippen molar-refractivity contribution in [3.8, 4) is 0 Å². The number of hydrogen-bond acceptors (Lipinski definition) is 2. The molecule has 3 atom stereocenters. The summed E-state index contributed by atoms with van der Waals surface area (Å²) < 4.78 is 0. The van der Waals surface area contributed by atoms with Crippen molar-refractivity contribution in [3.63, 3.8) is 0 Å². The maximum Gasteiger partial charge on any atom is 0.241 e. The van der Waals surface area contributed by atoms with Crippen LogP contribution in [0.15, 0.2) is 24.3 Å². The summed E-state index contributed by atoms with van der Waals surface area (Å²) in [5.74, 6) is 0.714. The Morgan fingerprint density at radius 3 is 2.75 bits per heavy atom. The van der Waals surface area contributed by atoms with Crippen LogP contribution in [-0.4, -0.2) is 18.0 Å². The van der Waals surface area contributed by atoms with Crippen LogP contribution in [0.3, 0.4) is 0 Å². The standard InChI is InChI=1S/C17H26N2O/c1-12-7-6-9-15(11-12)19-17(20)14(3)18-16-10-5-4-8-13(16)2/h6-7,9,11,13-14,16,18H,4-5,8,10H2,1-3H3,(H,19,20)/t13-,14+,16+/m0/s1. The van der Waals surface area contributed by atoms with Crippen molar-refractivity contribution in [2.24, 2.45) is 5.92 Å². The van der Waals surface area contributed by atoms with E-state index in [1.165, 1.54) is 25.7 Å². The van der Waals surface area contributed by atoms with Crippen LogP contribution in [0.1, 0.15) is 45.1 Å². The van der Waals surface area contributed by atoms with Crippen molar-refractivity contribution in [2.45, 2.75) is 58.5 Å². The molecule has 3 nitrogen and oxygen atoms in total. The van der Waals surface area contributed by atoms with Crippen LogP contribution >= 0.6 is 0 Å². The highest BCUT2D eigenvalue weighted by Gasteiger charge is 2.24. The fraction of sp³-hybridized carbons (Fsp3) is 0.588. The molecule has 0 heterocycles. The predicted octanol–water partition coefficient (Wildman–Crippen LogP) is 3.49. The molecule has 0 aliphatic heterocycles. The summed E-state index contributed by atoms with van der Waals surface area (Å²) in [6.45, 7) is 6.26. The van der Waals surface area contributed by atoms with Gasteiger partial charge in [-0.3, -0.25) is 4.79 Å². The summed E-state index contributed by atoms with van der Waals surface area (Å²) in [4.78, 5) is 12.2. The smallest absolute Gasteiger partial charge is 0.241 e. The second-order valence-electron chi connectivity index (χ2n) is 6.12. The molecule has 0 spiro atoms. The van der Waals surface area contributed by atoms with Crippen LogP contribution in [0.4, 0.5) is 5.69 Å². The maximum atomic E-state index is 12.2. The molecular weight excluding hydrogens is 248 g/mol. The normalized spacial score (nSPS) is 24.1. The van der Waals surface area contributed by atoms with Crippen molar-refractivity contribution in [2.75, 3.05) is 5.32 Å². The Balaban J connectivity index is 1.88. The lowest BCUT2D eigenvalue weighted by Crippen LogP contribution is -2.47. The van der Waals surface area contributed by atoms with Crippen molar-refractivity contribution < 1.29 is 4.79 Å². The molecule has 2 N–H and O–H groups in total. The molecule has 0 unspecified atom stereocenters. The summed E-state index contributed by atoms with van der Waals surface area (Å²) in [5, 5.41) is 6.48. The highest BCUT2D eigenvalue weighted by atomic mass is 16.2. The van der Waals surface area contributed by atoms with E-state index in [2.05, 4.69) is 17.6 Å². The van der Waals surface area contributed by atoms with Crippen molar-refractivity contribution in [1.82, 2.24) is 5.32 Å². The molecule has 110 valence electrons. The molecule has 1 aliphatic rings. The summed E-state index contributed by atoms with van der Waals surface area (Å²) >= 11 is 0. The van der Waals surface area contributed by atoms with Gasteiger partial charge in [-0.25, -0.2) is 0 Å². The molecule has 20 heavy (non-hydrogen) atoms. The molecule has 0 aromatic heterocycles. The van der Waals surface area contributed by atoms with E-state index >= 15 is 0 Å². The summed E-state index contributed by atoms with van der Waals surface area (Å²) in [5.41, 5.74) is 2.03. The number of amides is 1. The van der Waals surface area contributed by atoms with Gasteiger partial charge in [-0.05, 0) is 50.3 Å². The molecule has 1 aliphatic carbocycles. The number of hydrogen-bond donors (Lipinski definition) is 2. The Bertz CT molecular complexity index is 458. The average molecular weight is 274 g/mol. The van der Waals surface area contributed by atoms with Crippen molar-refractivity contribution in [1.29, 1.82) is 0 Å². The highest BCUT2D eigenvalue weighted by Crippen LogP contribution is 2.24. The van der Waals surface area contributed by atoms with E-state index in [4.69, 9.17) is 0 Å². The molecule has 1 aromatic carbocycles. The third-order valence-electron chi connectivity index (χ3n) is 4.25. The first-order valence-corrected chi connectivity index (χ1v) is 7.70. The lowest BCUT2D eigenvalue weighted by atomic mass is 9.85. The topological polar surface area (TPSA) is 41.1 Å². The van der Waals surface area contributed by atoms with E-state index in [-0.39, 0.29) is 11.9 Å². The van der Waals surface area contributed by atoms with Crippen molar-refractivity contribution in [3.05, 3.63) is 29.8 Å². The Labute approximate surface area is 122 Å². The molecule has 1 fully saturated rings. The Kier molecular flexibility index (Phi) is 5.18. The first-order valence-electron chi connectivity index (χ1n) is 7.70. The molecule has 1 saturated carbocycles. The molecule has 2 rings (SSSR count). The average Bonchev–Trinajstić information content (AvgIpc) is 2.41. The van der Waals surface area contributed by atoms with Crippen LogP contribution in [-0.2, 0) is 4.79 Å². The Morgan fingerprint density at radius 2 is 2.05 bits per heavy atom. The Morgan fingerprint density at radius 1 is 1.30 bits per heavy atom. The zero-order valence-electron chi connectivity index (χ0n) is 12.8. The number of rotatable bonds is 4. The number of nitrogens with one attached hydrogen (secondary N) is 2. The monoisotopic (exact) mass is 274 g/mol. The minimum Gasteiger partial charge on any atom is -0.325 e. The summed E-state index contributed by atoms with van der Waals surface area (Å²) in [6.07, 6.45) is 5.05. The third kappa shape index (κ3) is 4.07. The molecule has 1 aromatic rings. The van der Waals surface area contributed by atoms with Gasteiger partial charge in [-0.15, -0.1) is 0 Å². The SMILES string of the molecule is Cc1cccc(NC(=O)[C@@H](C)N[C@@H]2CCCC[C@@H]2C)c1. The van der Waals surface area contributed by atoms with E-state index in [0.717, 1.165) is 11.3 Å². The van der Waals surface area contributed by atoms with Gasteiger partial charge in [-0.2, -0.15) is 0 Å². The fourth-order valence-electron chi connectivity index (χ4n) is 2.93. The number of benzene rings is 1. The van der Waals surface area contributed by atoms with Crippen molar-refractivity contribution >= 4 is 11.6 Å². The van der Waals surface area contributed by atoms with Gasteiger partial charge in [0.05, 0.1) is 6.04 Å². The van der Waals surface area contributed by atoms with Crippen LogP contribution < -0.4 is 10.6 Å². The maximum absolute atomic E-state index is 12.2. The summed E-state index contributed by atoms with van der Waals surface area (Å²) in [7, 11) is 0. The van der Waals surface area contributed by atoms with Gasteiger partial charge >= 0.3 is 0 Å². The zero-order valence-corrected chi connectivity index (χ0v) is 12.8. The molecule has 1 amide bonds. The largest absolute Gasteiger partial charge is 0.325 e. The van der Waals surface area contributed by atoms with E-state index in [1.54, 1.807) is 0 Å². The van der Waals surface area contributed by atoms with Gasteiger partial charge in [0.25, 0.3) is 0 Å². The van der Waals surface area contributed by atoms with Gasteiger partial charge < -0.3 is 10.6 Å². The number of carbonyl (C=O) groups is 1. The van der Waals surface area contributed by atoms with Gasteiger partial charge in [0.1, 0.15) is 0 Å². The Hall–Kier alpha value is -1.35. The minimum atomic E-state index is -0.152. The lowest BCUT2D eigenvalue weighted by Gasteiger charge is -2.31. The van der Waals surface area contributed by atoms with E-state index < -0.39 is 0 Å². The highest BCUT2D eigenvalue weighted by molar-refractivity contribution is 5.94. The quantitative estimate of drug-likeness (QED) is 0.882. The van der Waals surface area contributed by atoms with Crippen LogP contribution in [0.25, 0.3) is 0 Å². The van der Waals surface area contributed by atoms with Gasteiger partial charge in [0.2, 0.25) is 5.91 Å².